The standard InChI is InChI=1S/C12H12NO2/c1-9(2)12(15)13-8-11(14)10-6-4-3-5-7-10/h3-6H,1,8H2,2H3,(H,13,15). The van der Waals surface area contributed by atoms with Gasteiger partial charge < -0.3 is 5.32 Å². The second kappa shape index (κ2) is 5.10. The number of hydrogen-bond acceptors (Lipinski definition) is 2. The van der Waals surface area contributed by atoms with Gasteiger partial charge in [0.25, 0.3) is 0 Å². The number of Topliss-reactive ketones (excluding diaryl/α,β-unsaturated/α-hetero) is 1. The van der Waals surface area contributed by atoms with Gasteiger partial charge in [-0.15, -0.1) is 0 Å². The van der Waals surface area contributed by atoms with Crippen molar-refractivity contribution in [2.75, 3.05) is 6.54 Å². The largest absolute Gasteiger partial charge is 0.345 e. The lowest BCUT2D eigenvalue weighted by Gasteiger charge is -2.03. The molecule has 0 fully saturated rings. The first-order valence-corrected chi connectivity index (χ1v) is 4.55. The van der Waals surface area contributed by atoms with Gasteiger partial charge in [0, 0.05) is 11.1 Å². The Morgan fingerprint density at radius 2 is 2.20 bits per heavy atom. The molecule has 0 saturated heterocycles. The molecule has 0 aliphatic carbocycles. The number of benzene rings is 1. The third-order valence-corrected chi connectivity index (χ3v) is 1.81. The maximum absolute atomic E-state index is 11.5. The molecule has 0 aliphatic rings. The molecule has 0 aromatic heterocycles. The van der Waals surface area contributed by atoms with E-state index in [9.17, 15) is 9.59 Å². The Hall–Kier alpha value is -1.90. The smallest absolute Gasteiger partial charge is 0.246 e. The average molecular weight is 202 g/mol. The highest BCUT2D eigenvalue weighted by Gasteiger charge is 2.07. The van der Waals surface area contributed by atoms with Crippen LogP contribution in [0.4, 0.5) is 0 Å². The predicted molar refractivity (Wildman–Crippen MR) is 57.4 cm³/mol. The lowest BCUT2D eigenvalue weighted by atomic mass is 10.1. The minimum Gasteiger partial charge on any atom is -0.345 e. The van der Waals surface area contributed by atoms with Gasteiger partial charge >= 0.3 is 0 Å². The lowest BCUT2D eigenvalue weighted by molar-refractivity contribution is -0.117. The van der Waals surface area contributed by atoms with Crippen molar-refractivity contribution in [1.29, 1.82) is 0 Å². The Labute approximate surface area is 88.8 Å². The molecule has 15 heavy (non-hydrogen) atoms. The highest BCUT2D eigenvalue weighted by atomic mass is 16.2. The lowest BCUT2D eigenvalue weighted by Crippen LogP contribution is -2.29. The second-order valence-corrected chi connectivity index (χ2v) is 3.16. The molecule has 0 aliphatic heterocycles. The van der Waals surface area contributed by atoms with E-state index in [4.69, 9.17) is 0 Å². The Morgan fingerprint density at radius 1 is 1.47 bits per heavy atom. The van der Waals surface area contributed by atoms with Crippen molar-refractivity contribution in [3.63, 3.8) is 0 Å². The molecule has 0 unspecified atom stereocenters. The third kappa shape index (κ3) is 3.38. The quantitative estimate of drug-likeness (QED) is 0.592. The zero-order valence-electron chi connectivity index (χ0n) is 8.54. The van der Waals surface area contributed by atoms with E-state index in [2.05, 4.69) is 18.0 Å². The summed E-state index contributed by atoms with van der Waals surface area (Å²) in [5.74, 6) is -0.468. The molecular weight excluding hydrogens is 190 g/mol. The number of carbonyl (C=O) groups is 2. The summed E-state index contributed by atoms with van der Waals surface area (Å²) in [6.45, 7) is 5.04. The van der Waals surface area contributed by atoms with Gasteiger partial charge in [0.15, 0.2) is 5.78 Å². The van der Waals surface area contributed by atoms with Gasteiger partial charge in [0.2, 0.25) is 5.91 Å². The van der Waals surface area contributed by atoms with Gasteiger partial charge in [-0.1, -0.05) is 30.8 Å². The van der Waals surface area contributed by atoms with Crippen LogP contribution in [0.15, 0.2) is 36.4 Å². The van der Waals surface area contributed by atoms with Crippen LogP contribution in [0.5, 0.6) is 0 Å². The van der Waals surface area contributed by atoms with Crippen LogP contribution in [-0.2, 0) is 4.79 Å². The average Bonchev–Trinajstić information content (AvgIpc) is 2.26. The van der Waals surface area contributed by atoms with Crippen molar-refractivity contribution < 1.29 is 9.59 Å². The molecule has 1 radical (unpaired) electrons. The van der Waals surface area contributed by atoms with Crippen molar-refractivity contribution in [2.24, 2.45) is 0 Å². The number of amides is 1. The molecule has 1 aromatic carbocycles. The summed E-state index contributed by atoms with van der Waals surface area (Å²) < 4.78 is 0. The topological polar surface area (TPSA) is 46.2 Å². The molecule has 0 atom stereocenters. The van der Waals surface area contributed by atoms with Gasteiger partial charge in [-0.25, -0.2) is 0 Å². The summed E-state index contributed by atoms with van der Waals surface area (Å²) in [7, 11) is 0. The summed E-state index contributed by atoms with van der Waals surface area (Å²) in [4.78, 5) is 22.6. The number of rotatable bonds is 4. The van der Waals surface area contributed by atoms with E-state index in [1.165, 1.54) is 0 Å². The minimum absolute atomic E-state index is 0.0216. The molecule has 77 valence electrons. The van der Waals surface area contributed by atoms with Crippen LogP contribution in [0.25, 0.3) is 0 Å². The number of nitrogens with one attached hydrogen (secondary N) is 1. The first-order chi connectivity index (χ1) is 7.11. The van der Waals surface area contributed by atoms with Crippen LogP contribution in [0.1, 0.15) is 17.3 Å². The number of ketones is 1. The molecular formula is C12H12NO2. The zero-order valence-corrected chi connectivity index (χ0v) is 8.54. The molecule has 1 amide bonds. The van der Waals surface area contributed by atoms with Gasteiger partial charge in [-0.2, -0.15) is 0 Å². The molecule has 1 rings (SSSR count). The fourth-order valence-corrected chi connectivity index (χ4v) is 0.973. The Balaban J connectivity index is 2.51. The van der Waals surface area contributed by atoms with E-state index < -0.39 is 0 Å². The van der Waals surface area contributed by atoms with E-state index in [-0.39, 0.29) is 18.2 Å². The molecule has 1 aromatic rings. The summed E-state index contributed by atoms with van der Waals surface area (Å²) >= 11 is 0. The van der Waals surface area contributed by atoms with Crippen molar-refractivity contribution in [1.82, 2.24) is 5.32 Å². The normalized spacial score (nSPS) is 9.40. The SMILES string of the molecule is C=C(C)C(=O)NCC(=O)c1[c]cccc1. The first kappa shape index (κ1) is 11.2. The van der Waals surface area contributed by atoms with E-state index >= 15 is 0 Å². The monoisotopic (exact) mass is 202 g/mol. The van der Waals surface area contributed by atoms with E-state index in [1.54, 1.807) is 31.2 Å². The maximum Gasteiger partial charge on any atom is 0.246 e. The molecule has 1 N–H and O–H groups in total. The zero-order chi connectivity index (χ0) is 11.3. The van der Waals surface area contributed by atoms with Crippen molar-refractivity contribution in [3.05, 3.63) is 48.0 Å². The summed E-state index contributed by atoms with van der Waals surface area (Å²) in [5, 5.41) is 2.47. The molecule has 0 heterocycles. The highest BCUT2D eigenvalue weighted by molar-refractivity contribution is 6.01. The maximum atomic E-state index is 11.5. The first-order valence-electron chi connectivity index (χ1n) is 4.55. The molecule has 3 heteroatoms. The number of hydrogen-bond donors (Lipinski definition) is 1. The van der Waals surface area contributed by atoms with E-state index in [0.29, 0.717) is 11.1 Å². The fraction of sp³-hybridized carbons (Fsp3) is 0.167. The summed E-state index contributed by atoms with van der Waals surface area (Å²) in [6.07, 6.45) is 0. The van der Waals surface area contributed by atoms with Gasteiger partial charge in [0.1, 0.15) is 0 Å². The van der Waals surface area contributed by atoms with Gasteiger partial charge in [0.05, 0.1) is 6.54 Å². The van der Waals surface area contributed by atoms with Crippen LogP contribution in [0, 0.1) is 6.07 Å². The summed E-state index contributed by atoms with van der Waals surface area (Å²) in [6, 6.07) is 9.66. The highest BCUT2D eigenvalue weighted by Crippen LogP contribution is 1.98. The molecule has 0 spiro atoms. The summed E-state index contributed by atoms with van der Waals surface area (Å²) in [5.41, 5.74) is 0.861. The van der Waals surface area contributed by atoms with Gasteiger partial charge in [-0.3, -0.25) is 9.59 Å². The van der Waals surface area contributed by atoms with Crippen LogP contribution >= 0.6 is 0 Å². The van der Waals surface area contributed by atoms with Crippen LogP contribution in [-0.4, -0.2) is 18.2 Å². The Morgan fingerprint density at radius 3 is 2.73 bits per heavy atom. The minimum atomic E-state index is -0.306. The molecule has 0 bridgehead atoms. The number of carbonyl (C=O) groups excluding carboxylic acids is 2. The van der Waals surface area contributed by atoms with Crippen molar-refractivity contribution in [3.8, 4) is 0 Å². The Kier molecular flexibility index (Phi) is 3.80. The van der Waals surface area contributed by atoms with Crippen LogP contribution in [0.2, 0.25) is 0 Å². The Bertz CT molecular complexity index is 382. The van der Waals surface area contributed by atoms with E-state index in [1.807, 2.05) is 0 Å². The van der Waals surface area contributed by atoms with Crippen molar-refractivity contribution >= 4 is 11.7 Å². The second-order valence-electron chi connectivity index (χ2n) is 3.16. The fourth-order valence-electron chi connectivity index (χ4n) is 0.973. The van der Waals surface area contributed by atoms with E-state index in [0.717, 1.165) is 0 Å². The third-order valence-electron chi connectivity index (χ3n) is 1.81. The molecule has 3 nitrogen and oxygen atoms in total. The molecule has 0 saturated carbocycles. The van der Waals surface area contributed by atoms with Crippen LogP contribution in [0.3, 0.4) is 0 Å². The van der Waals surface area contributed by atoms with Gasteiger partial charge in [-0.05, 0) is 13.0 Å². The van der Waals surface area contributed by atoms with Crippen LogP contribution < -0.4 is 5.32 Å². The van der Waals surface area contributed by atoms with Crippen molar-refractivity contribution in [2.45, 2.75) is 6.92 Å². The predicted octanol–water partition coefficient (Wildman–Crippen LogP) is 1.36.